The summed E-state index contributed by atoms with van der Waals surface area (Å²) in [5, 5.41) is 13.9. The van der Waals surface area contributed by atoms with Crippen LogP contribution in [0.5, 0.6) is 0 Å². The molecule has 0 saturated carbocycles. The smallest absolute Gasteiger partial charge is 0.244 e. The van der Waals surface area contributed by atoms with Crippen LogP contribution in [-0.2, 0) is 0 Å². The van der Waals surface area contributed by atoms with Crippen molar-refractivity contribution in [2.24, 2.45) is 5.92 Å². The highest BCUT2D eigenvalue weighted by molar-refractivity contribution is 5.36. The molecule has 0 aliphatic heterocycles. The van der Waals surface area contributed by atoms with Crippen LogP contribution in [0.3, 0.4) is 0 Å². The minimum atomic E-state index is 0.523. The van der Waals surface area contributed by atoms with Crippen LogP contribution in [0.1, 0.15) is 20.3 Å². The standard InChI is InChI=1S/C11H19N5/c1-4-6-13-11-15-10(8-14-16-11)12-7-5-9(2)3/h4,8-9H,1,5-7H2,2-3H3,(H2,12,13,15,16). The Morgan fingerprint density at radius 2 is 2.25 bits per heavy atom. The average molecular weight is 221 g/mol. The Bertz CT molecular complexity index is 324. The minimum absolute atomic E-state index is 0.523. The van der Waals surface area contributed by atoms with Crippen molar-refractivity contribution in [2.45, 2.75) is 20.3 Å². The van der Waals surface area contributed by atoms with Crippen LogP contribution < -0.4 is 10.6 Å². The lowest BCUT2D eigenvalue weighted by molar-refractivity contribution is 0.606. The number of anilines is 2. The van der Waals surface area contributed by atoms with Crippen molar-refractivity contribution in [3.8, 4) is 0 Å². The van der Waals surface area contributed by atoms with Gasteiger partial charge in [-0.2, -0.15) is 10.1 Å². The zero-order valence-electron chi connectivity index (χ0n) is 9.90. The van der Waals surface area contributed by atoms with E-state index < -0.39 is 0 Å². The van der Waals surface area contributed by atoms with Gasteiger partial charge >= 0.3 is 0 Å². The minimum Gasteiger partial charge on any atom is -0.369 e. The van der Waals surface area contributed by atoms with E-state index in [2.05, 4.69) is 46.2 Å². The van der Waals surface area contributed by atoms with Gasteiger partial charge in [-0.15, -0.1) is 11.7 Å². The van der Waals surface area contributed by atoms with Crippen molar-refractivity contribution < 1.29 is 0 Å². The van der Waals surface area contributed by atoms with E-state index in [0.29, 0.717) is 18.4 Å². The van der Waals surface area contributed by atoms with Crippen LogP contribution in [0.4, 0.5) is 11.8 Å². The van der Waals surface area contributed by atoms with Crippen molar-refractivity contribution in [1.82, 2.24) is 15.2 Å². The summed E-state index contributed by atoms with van der Waals surface area (Å²) in [5.41, 5.74) is 0. The largest absolute Gasteiger partial charge is 0.369 e. The van der Waals surface area contributed by atoms with Crippen LogP contribution >= 0.6 is 0 Å². The van der Waals surface area contributed by atoms with Gasteiger partial charge in [0.25, 0.3) is 0 Å². The van der Waals surface area contributed by atoms with Crippen LogP contribution in [-0.4, -0.2) is 28.3 Å². The van der Waals surface area contributed by atoms with Gasteiger partial charge in [-0.3, -0.25) is 0 Å². The van der Waals surface area contributed by atoms with Crippen molar-refractivity contribution in [2.75, 3.05) is 23.7 Å². The van der Waals surface area contributed by atoms with E-state index in [-0.39, 0.29) is 0 Å². The maximum atomic E-state index is 4.26. The molecule has 0 saturated heterocycles. The molecule has 1 aromatic rings. The Hall–Kier alpha value is -1.65. The van der Waals surface area contributed by atoms with Gasteiger partial charge in [0.2, 0.25) is 5.95 Å². The highest BCUT2D eigenvalue weighted by atomic mass is 15.3. The quantitative estimate of drug-likeness (QED) is 0.689. The molecular weight excluding hydrogens is 202 g/mol. The van der Waals surface area contributed by atoms with Crippen molar-refractivity contribution in [3.63, 3.8) is 0 Å². The number of hydrogen-bond donors (Lipinski definition) is 2. The fourth-order valence-electron chi connectivity index (χ4n) is 1.12. The van der Waals surface area contributed by atoms with Gasteiger partial charge in [0.05, 0.1) is 6.20 Å². The van der Waals surface area contributed by atoms with Gasteiger partial charge < -0.3 is 10.6 Å². The zero-order valence-corrected chi connectivity index (χ0v) is 9.90. The zero-order chi connectivity index (χ0) is 11.8. The van der Waals surface area contributed by atoms with Gasteiger partial charge in [-0.1, -0.05) is 19.9 Å². The molecule has 1 rings (SSSR count). The molecule has 0 atom stereocenters. The molecule has 0 aliphatic carbocycles. The lowest BCUT2D eigenvalue weighted by atomic mass is 10.1. The van der Waals surface area contributed by atoms with Crippen molar-refractivity contribution >= 4 is 11.8 Å². The molecule has 88 valence electrons. The predicted molar refractivity (Wildman–Crippen MR) is 66.5 cm³/mol. The van der Waals surface area contributed by atoms with Crippen LogP contribution in [0.15, 0.2) is 18.9 Å². The van der Waals surface area contributed by atoms with Crippen molar-refractivity contribution in [1.29, 1.82) is 0 Å². The molecule has 5 heteroatoms. The van der Waals surface area contributed by atoms with Gasteiger partial charge in [-0.25, -0.2) is 0 Å². The normalized spacial score (nSPS) is 10.2. The second kappa shape index (κ2) is 6.76. The summed E-state index contributed by atoms with van der Waals surface area (Å²) in [6.45, 7) is 9.53. The Morgan fingerprint density at radius 1 is 1.44 bits per heavy atom. The highest BCUT2D eigenvalue weighted by Crippen LogP contribution is 2.05. The molecule has 0 aromatic carbocycles. The average Bonchev–Trinajstić information content (AvgIpc) is 2.26. The Balaban J connectivity index is 2.43. The topological polar surface area (TPSA) is 62.7 Å². The molecule has 5 nitrogen and oxygen atoms in total. The van der Waals surface area contributed by atoms with E-state index in [4.69, 9.17) is 0 Å². The lowest BCUT2D eigenvalue weighted by Crippen LogP contribution is -2.09. The molecule has 16 heavy (non-hydrogen) atoms. The van der Waals surface area contributed by atoms with E-state index in [0.717, 1.165) is 18.8 Å². The predicted octanol–water partition coefficient (Wildman–Crippen LogP) is 1.93. The fraction of sp³-hybridized carbons (Fsp3) is 0.545. The summed E-state index contributed by atoms with van der Waals surface area (Å²) >= 11 is 0. The van der Waals surface area contributed by atoms with E-state index >= 15 is 0 Å². The molecule has 1 aromatic heterocycles. The summed E-state index contributed by atoms with van der Waals surface area (Å²) < 4.78 is 0. The maximum Gasteiger partial charge on any atom is 0.244 e. The molecule has 0 unspecified atom stereocenters. The summed E-state index contributed by atoms with van der Waals surface area (Å²) in [5.74, 6) is 1.96. The molecule has 0 fully saturated rings. The van der Waals surface area contributed by atoms with Gasteiger partial charge in [0, 0.05) is 13.1 Å². The molecule has 0 amide bonds. The first-order chi connectivity index (χ1) is 7.72. The maximum absolute atomic E-state index is 4.26. The second-order valence-corrected chi connectivity index (χ2v) is 3.94. The van der Waals surface area contributed by atoms with Gasteiger partial charge in [-0.05, 0) is 12.3 Å². The van der Waals surface area contributed by atoms with E-state index in [1.807, 2.05) is 0 Å². The number of aromatic nitrogens is 3. The number of rotatable bonds is 7. The van der Waals surface area contributed by atoms with Crippen molar-refractivity contribution in [3.05, 3.63) is 18.9 Å². The molecule has 1 heterocycles. The third kappa shape index (κ3) is 4.72. The van der Waals surface area contributed by atoms with Crippen LogP contribution in [0.2, 0.25) is 0 Å². The highest BCUT2D eigenvalue weighted by Gasteiger charge is 1.99. The molecule has 0 radical (unpaired) electrons. The fourth-order valence-corrected chi connectivity index (χ4v) is 1.12. The number of nitrogens with one attached hydrogen (secondary N) is 2. The van der Waals surface area contributed by atoms with Crippen LogP contribution in [0, 0.1) is 5.92 Å². The van der Waals surface area contributed by atoms with Gasteiger partial charge in [0.1, 0.15) is 5.82 Å². The first-order valence-electron chi connectivity index (χ1n) is 5.50. The number of hydrogen-bond acceptors (Lipinski definition) is 5. The summed E-state index contributed by atoms with van der Waals surface area (Å²) in [6, 6.07) is 0. The Kier molecular flexibility index (Phi) is 5.25. The Morgan fingerprint density at radius 3 is 2.94 bits per heavy atom. The SMILES string of the molecule is C=CCNc1nncc(NCCC(C)C)n1. The molecule has 0 aliphatic rings. The third-order valence-electron chi connectivity index (χ3n) is 1.99. The molecule has 2 N–H and O–H groups in total. The lowest BCUT2D eigenvalue weighted by Gasteiger charge is -2.07. The number of nitrogens with zero attached hydrogens (tertiary/aromatic N) is 3. The first kappa shape index (κ1) is 12.4. The monoisotopic (exact) mass is 221 g/mol. The Labute approximate surface area is 96.4 Å². The second-order valence-electron chi connectivity index (χ2n) is 3.94. The van der Waals surface area contributed by atoms with E-state index in [9.17, 15) is 0 Å². The first-order valence-corrected chi connectivity index (χ1v) is 5.50. The summed E-state index contributed by atoms with van der Waals surface area (Å²) in [6.07, 6.45) is 4.49. The summed E-state index contributed by atoms with van der Waals surface area (Å²) in [4.78, 5) is 4.26. The van der Waals surface area contributed by atoms with Crippen LogP contribution in [0.25, 0.3) is 0 Å². The molecule has 0 bridgehead atoms. The van der Waals surface area contributed by atoms with E-state index in [1.54, 1.807) is 12.3 Å². The molecular formula is C11H19N5. The van der Waals surface area contributed by atoms with Gasteiger partial charge in [0.15, 0.2) is 0 Å². The summed E-state index contributed by atoms with van der Waals surface area (Å²) in [7, 11) is 0. The van der Waals surface area contributed by atoms with E-state index in [1.165, 1.54) is 0 Å². The third-order valence-corrected chi connectivity index (χ3v) is 1.99. The molecule has 0 spiro atoms.